The van der Waals surface area contributed by atoms with Crippen molar-refractivity contribution >= 4 is 5.82 Å². The van der Waals surface area contributed by atoms with E-state index < -0.39 is 0 Å². The average Bonchev–Trinajstić information content (AvgIpc) is 2.98. The van der Waals surface area contributed by atoms with Gasteiger partial charge >= 0.3 is 0 Å². The molecule has 1 aliphatic rings. The van der Waals surface area contributed by atoms with Crippen molar-refractivity contribution in [2.24, 2.45) is 5.73 Å². The van der Waals surface area contributed by atoms with Crippen LogP contribution in [0.15, 0.2) is 12.3 Å². The van der Waals surface area contributed by atoms with E-state index in [0.717, 1.165) is 18.2 Å². The second kappa shape index (κ2) is 3.70. The molecule has 0 aromatic carbocycles. The molecule has 0 atom stereocenters. The molecule has 1 aromatic rings. The molecule has 0 amide bonds. The SMILES string of the molecule is NCCNc1ccnc(C2CC2)n1. The smallest absolute Gasteiger partial charge is 0.133 e. The zero-order valence-electron chi connectivity index (χ0n) is 7.53. The standard InChI is InChI=1S/C9H14N4/c10-4-6-11-8-3-5-12-9(13-8)7-1-2-7/h3,5,7H,1-2,4,6,10H2,(H,11,12,13). The topological polar surface area (TPSA) is 63.8 Å². The van der Waals surface area contributed by atoms with Gasteiger partial charge in [-0.15, -0.1) is 0 Å². The van der Waals surface area contributed by atoms with Gasteiger partial charge in [0.15, 0.2) is 0 Å². The summed E-state index contributed by atoms with van der Waals surface area (Å²) in [4.78, 5) is 8.62. The van der Waals surface area contributed by atoms with E-state index >= 15 is 0 Å². The van der Waals surface area contributed by atoms with Gasteiger partial charge in [-0.25, -0.2) is 9.97 Å². The predicted molar refractivity (Wildman–Crippen MR) is 51.6 cm³/mol. The van der Waals surface area contributed by atoms with Crippen molar-refractivity contribution in [3.8, 4) is 0 Å². The van der Waals surface area contributed by atoms with Crippen LogP contribution in [0.3, 0.4) is 0 Å². The molecule has 1 heterocycles. The van der Waals surface area contributed by atoms with Crippen LogP contribution in [0, 0.1) is 0 Å². The molecule has 0 bridgehead atoms. The maximum absolute atomic E-state index is 5.38. The number of hydrogen-bond donors (Lipinski definition) is 2. The minimum atomic E-state index is 0.611. The lowest BCUT2D eigenvalue weighted by Crippen LogP contribution is -2.14. The molecule has 0 radical (unpaired) electrons. The number of anilines is 1. The highest BCUT2D eigenvalue weighted by molar-refractivity contribution is 5.33. The maximum atomic E-state index is 5.38. The highest BCUT2D eigenvalue weighted by Crippen LogP contribution is 2.37. The number of nitrogens with one attached hydrogen (secondary N) is 1. The van der Waals surface area contributed by atoms with Crippen LogP contribution >= 0.6 is 0 Å². The Bertz CT molecular complexity index is 283. The van der Waals surface area contributed by atoms with Gasteiger partial charge in [0.2, 0.25) is 0 Å². The molecule has 1 saturated carbocycles. The number of aromatic nitrogens is 2. The summed E-state index contributed by atoms with van der Waals surface area (Å²) in [5.41, 5.74) is 5.38. The third-order valence-corrected chi connectivity index (χ3v) is 2.07. The Kier molecular flexibility index (Phi) is 2.40. The largest absolute Gasteiger partial charge is 0.369 e. The highest BCUT2D eigenvalue weighted by Gasteiger charge is 2.26. The Balaban J connectivity index is 2.03. The van der Waals surface area contributed by atoms with E-state index in [2.05, 4.69) is 15.3 Å². The van der Waals surface area contributed by atoms with E-state index in [-0.39, 0.29) is 0 Å². The Morgan fingerprint density at radius 3 is 3.08 bits per heavy atom. The molecule has 70 valence electrons. The molecular formula is C9H14N4. The molecule has 0 spiro atoms. The third-order valence-electron chi connectivity index (χ3n) is 2.07. The summed E-state index contributed by atoms with van der Waals surface area (Å²) in [5, 5.41) is 3.14. The van der Waals surface area contributed by atoms with Gasteiger partial charge in [-0.2, -0.15) is 0 Å². The molecular weight excluding hydrogens is 164 g/mol. The van der Waals surface area contributed by atoms with Gasteiger partial charge in [0.05, 0.1) is 0 Å². The zero-order chi connectivity index (χ0) is 9.10. The molecule has 1 fully saturated rings. The fourth-order valence-electron chi connectivity index (χ4n) is 1.21. The first-order valence-electron chi connectivity index (χ1n) is 4.67. The van der Waals surface area contributed by atoms with Crippen molar-refractivity contribution in [1.29, 1.82) is 0 Å². The minimum Gasteiger partial charge on any atom is -0.369 e. The molecule has 0 aliphatic heterocycles. The molecule has 0 unspecified atom stereocenters. The van der Waals surface area contributed by atoms with Gasteiger partial charge < -0.3 is 11.1 Å². The Morgan fingerprint density at radius 1 is 1.54 bits per heavy atom. The minimum absolute atomic E-state index is 0.611. The summed E-state index contributed by atoms with van der Waals surface area (Å²) in [6.45, 7) is 1.39. The first-order chi connectivity index (χ1) is 6.40. The molecule has 2 rings (SSSR count). The maximum Gasteiger partial charge on any atom is 0.133 e. The van der Waals surface area contributed by atoms with Crippen LogP contribution in [-0.4, -0.2) is 23.1 Å². The van der Waals surface area contributed by atoms with Crippen molar-refractivity contribution in [2.75, 3.05) is 18.4 Å². The van der Waals surface area contributed by atoms with Gasteiger partial charge in [0, 0.05) is 25.2 Å². The van der Waals surface area contributed by atoms with E-state index in [0.29, 0.717) is 12.5 Å². The van der Waals surface area contributed by atoms with Crippen LogP contribution < -0.4 is 11.1 Å². The van der Waals surface area contributed by atoms with Crippen molar-refractivity contribution < 1.29 is 0 Å². The molecule has 4 heteroatoms. The van der Waals surface area contributed by atoms with Crippen LogP contribution in [0.1, 0.15) is 24.6 Å². The van der Waals surface area contributed by atoms with Gasteiger partial charge in [0.1, 0.15) is 11.6 Å². The molecule has 1 aliphatic carbocycles. The second-order valence-corrected chi connectivity index (χ2v) is 3.29. The summed E-state index contributed by atoms with van der Waals surface area (Å²) in [5.74, 6) is 2.48. The van der Waals surface area contributed by atoms with Crippen LogP contribution in [0.25, 0.3) is 0 Å². The van der Waals surface area contributed by atoms with Gasteiger partial charge in [0.25, 0.3) is 0 Å². The molecule has 3 N–H and O–H groups in total. The summed E-state index contributed by atoms with van der Waals surface area (Å²) in [7, 11) is 0. The molecule has 13 heavy (non-hydrogen) atoms. The fraction of sp³-hybridized carbons (Fsp3) is 0.556. The average molecular weight is 178 g/mol. The van der Waals surface area contributed by atoms with Gasteiger partial charge in [-0.1, -0.05) is 0 Å². The molecule has 4 nitrogen and oxygen atoms in total. The fourth-order valence-corrected chi connectivity index (χ4v) is 1.21. The van der Waals surface area contributed by atoms with Crippen LogP contribution in [-0.2, 0) is 0 Å². The van der Waals surface area contributed by atoms with Crippen molar-refractivity contribution in [3.05, 3.63) is 18.1 Å². The van der Waals surface area contributed by atoms with Crippen molar-refractivity contribution in [3.63, 3.8) is 0 Å². The monoisotopic (exact) mass is 178 g/mol. The molecule has 0 saturated heterocycles. The Labute approximate surface area is 77.6 Å². The Hall–Kier alpha value is -1.16. The van der Waals surface area contributed by atoms with Crippen LogP contribution in [0.2, 0.25) is 0 Å². The number of rotatable bonds is 4. The lowest BCUT2D eigenvalue weighted by Gasteiger charge is -2.04. The normalized spacial score (nSPS) is 15.8. The van der Waals surface area contributed by atoms with Crippen LogP contribution in [0.5, 0.6) is 0 Å². The predicted octanol–water partition coefficient (Wildman–Crippen LogP) is 0.725. The number of nitrogens with two attached hydrogens (primary N) is 1. The van der Waals surface area contributed by atoms with E-state index in [4.69, 9.17) is 5.73 Å². The van der Waals surface area contributed by atoms with Crippen molar-refractivity contribution in [2.45, 2.75) is 18.8 Å². The van der Waals surface area contributed by atoms with E-state index in [1.165, 1.54) is 12.8 Å². The number of nitrogens with zero attached hydrogens (tertiary/aromatic N) is 2. The van der Waals surface area contributed by atoms with Gasteiger partial charge in [-0.3, -0.25) is 0 Å². The summed E-state index contributed by atoms with van der Waals surface area (Å²) >= 11 is 0. The van der Waals surface area contributed by atoms with E-state index in [9.17, 15) is 0 Å². The lowest BCUT2D eigenvalue weighted by atomic mass is 10.4. The second-order valence-electron chi connectivity index (χ2n) is 3.29. The quantitative estimate of drug-likeness (QED) is 0.713. The van der Waals surface area contributed by atoms with Crippen molar-refractivity contribution in [1.82, 2.24) is 9.97 Å². The molecule has 1 aromatic heterocycles. The third kappa shape index (κ3) is 2.15. The van der Waals surface area contributed by atoms with Gasteiger partial charge in [-0.05, 0) is 18.9 Å². The lowest BCUT2D eigenvalue weighted by molar-refractivity contribution is 0.916. The van der Waals surface area contributed by atoms with E-state index in [1.54, 1.807) is 6.20 Å². The zero-order valence-corrected chi connectivity index (χ0v) is 7.53. The van der Waals surface area contributed by atoms with E-state index in [1.807, 2.05) is 6.07 Å². The summed E-state index contributed by atoms with van der Waals surface area (Å²) in [6.07, 6.45) is 4.28. The first kappa shape index (κ1) is 8.44. The highest BCUT2D eigenvalue weighted by atomic mass is 15.0. The number of hydrogen-bond acceptors (Lipinski definition) is 4. The van der Waals surface area contributed by atoms with Crippen LogP contribution in [0.4, 0.5) is 5.82 Å². The first-order valence-corrected chi connectivity index (χ1v) is 4.67. The summed E-state index contributed by atoms with van der Waals surface area (Å²) in [6, 6.07) is 1.88. The Morgan fingerprint density at radius 2 is 2.38 bits per heavy atom. The summed E-state index contributed by atoms with van der Waals surface area (Å²) < 4.78 is 0.